The lowest BCUT2D eigenvalue weighted by Crippen LogP contribution is -2.43. The molecule has 2 aliphatic rings. The van der Waals surface area contributed by atoms with Crippen LogP contribution in [0.5, 0.6) is 0 Å². The highest BCUT2D eigenvalue weighted by molar-refractivity contribution is 8.13. The Labute approximate surface area is 158 Å². The predicted octanol–water partition coefficient (Wildman–Crippen LogP) is 3.00. The lowest BCUT2D eigenvalue weighted by molar-refractivity contribution is -0.470. The summed E-state index contributed by atoms with van der Waals surface area (Å²) in [5.41, 5.74) is -1.11. The Morgan fingerprint density at radius 1 is 1.56 bits per heavy atom. The number of rotatable bonds is 4. The van der Waals surface area contributed by atoms with E-state index in [9.17, 15) is 19.0 Å². The number of amides is 1. The van der Waals surface area contributed by atoms with Gasteiger partial charge in [0.1, 0.15) is 11.4 Å². The van der Waals surface area contributed by atoms with Crippen molar-refractivity contribution in [3.05, 3.63) is 39.4 Å². The van der Waals surface area contributed by atoms with E-state index in [0.717, 1.165) is 12.1 Å². The van der Waals surface area contributed by atoms with E-state index < -0.39 is 17.4 Å². The molecule has 1 aromatic carbocycles. The van der Waals surface area contributed by atoms with Crippen molar-refractivity contribution in [1.82, 2.24) is 5.32 Å². The van der Waals surface area contributed by atoms with Crippen molar-refractivity contribution < 1.29 is 23.5 Å². The third kappa shape index (κ3) is 3.83. The predicted molar refractivity (Wildman–Crippen MR) is 96.1 cm³/mol. The van der Waals surface area contributed by atoms with Gasteiger partial charge in [-0.3, -0.25) is 5.32 Å². The summed E-state index contributed by atoms with van der Waals surface area (Å²) in [6, 6.07) is 3.49. The van der Waals surface area contributed by atoms with Crippen molar-refractivity contribution in [3.63, 3.8) is 0 Å². The van der Waals surface area contributed by atoms with Gasteiger partial charge in [0.05, 0.1) is 24.2 Å². The Balaban J connectivity index is 2.00. The first-order valence-electron chi connectivity index (χ1n) is 8.24. The van der Waals surface area contributed by atoms with Crippen LogP contribution >= 0.6 is 11.8 Å². The zero-order chi connectivity index (χ0) is 19.6. The lowest BCUT2D eigenvalue weighted by atomic mass is 9.81. The minimum Gasteiger partial charge on any atom is -0.447 e. The normalized spacial score (nSPS) is 24.1. The molecular formula is C16H18FN4O5S+. The number of carbonyl (C=O) groups excluding carboxylic acids is 1. The summed E-state index contributed by atoms with van der Waals surface area (Å²) in [5.74, 6) is -0.228. The number of aliphatic imine (C=N–C) groups is 1. The van der Waals surface area contributed by atoms with Gasteiger partial charge in [0, 0.05) is 29.4 Å². The fourth-order valence-corrected chi connectivity index (χ4v) is 4.19. The molecule has 9 nitrogen and oxygen atoms in total. The number of fused-ring (bicyclic) bond motifs is 1. The second-order valence-corrected chi connectivity index (χ2v) is 7.47. The Hall–Kier alpha value is -2.40. The van der Waals surface area contributed by atoms with Gasteiger partial charge in [-0.2, -0.15) is 0 Å². The molecule has 3 rings (SSSR count). The van der Waals surface area contributed by atoms with Crippen LogP contribution in [0.4, 0.5) is 14.9 Å². The molecule has 0 radical (unpaired) electrons. The number of nitrogens with one attached hydrogen (secondary N) is 1. The molecule has 0 unspecified atom stereocenters. The van der Waals surface area contributed by atoms with Gasteiger partial charge in [-0.15, -0.1) is 0 Å². The third-order valence-corrected chi connectivity index (χ3v) is 5.34. The van der Waals surface area contributed by atoms with E-state index in [-0.39, 0.29) is 39.9 Å². The molecular weight excluding hydrogens is 379 g/mol. The van der Waals surface area contributed by atoms with Crippen LogP contribution in [-0.2, 0) is 15.0 Å². The van der Waals surface area contributed by atoms with Crippen LogP contribution < -0.4 is 5.32 Å². The standard InChI is InChI=1S/C16H17FN4O5S/c1-9(2)26-15(22)18-14-19-16(8-25-6-10(16)7-27-14)12-5-11(21(24)20-23)3-4-13(12)17/h3-5,9-10H,6-8H2,1-2H3/p+1/t10-,16-/m0/s1. The Morgan fingerprint density at radius 3 is 3.04 bits per heavy atom. The number of hydrogen-bond acceptors (Lipinski definition) is 7. The molecule has 1 saturated heterocycles. The molecule has 1 fully saturated rings. The summed E-state index contributed by atoms with van der Waals surface area (Å²) in [6.07, 6.45) is -0.961. The molecule has 11 heteroatoms. The topological polar surface area (TPSA) is 109 Å². The zero-order valence-electron chi connectivity index (χ0n) is 14.7. The molecule has 0 bridgehead atoms. The molecule has 0 aliphatic carbocycles. The van der Waals surface area contributed by atoms with Crippen molar-refractivity contribution in [2.45, 2.75) is 25.5 Å². The first-order valence-corrected chi connectivity index (χ1v) is 9.23. The van der Waals surface area contributed by atoms with Gasteiger partial charge in [0.15, 0.2) is 5.17 Å². The Morgan fingerprint density at radius 2 is 2.33 bits per heavy atom. The van der Waals surface area contributed by atoms with Gasteiger partial charge in [0.25, 0.3) is 11.0 Å². The number of thioether (sulfide) groups is 1. The average molecular weight is 397 g/mol. The number of benzene rings is 1. The third-order valence-electron chi connectivity index (χ3n) is 4.30. The van der Waals surface area contributed by atoms with E-state index in [1.165, 1.54) is 17.8 Å². The van der Waals surface area contributed by atoms with Crippen LogP contribution in [0.25, 0.3) is 0 Å². The van der Waals surface area contributed by atoms with E-state index >= 15 is 0 Å². The summed E-state index contributed by atoms with van der Waals surface area (Å²) in [6.45, 7) is 3.87. The molecule has 1 aromatic rings. The second kappa shape index (κ2) is 7.69. The van der Waals surface area contributed by atoms with E-state index in [1.807, 2.05) is 0 Å². The van der Waals surface area contributed by atoms with E-state index in [0.29, 0.717) is 12.4 Å². The maximum absolute atomic E-state index is 14.6. The second-order valence-electron chi connectivity index (χ2n) is 6.46. The van der Waals surface area contributed by atoms with Crippen molar-refractivity contribution in [3.8, 4) is 0 Å². The van der Waals surface area contributed by atoms with E-state index in [1.54, 1.807) is 13.8 Å². The number of halogens is 1. The van der Waals surface area contributed by atoms with Crippen LogP contribution in [-0.4, -0.2) is 41.2 Å². The SMILES string of the molecule is CC(C)OC(=O)NC1=N[C@@]2(c3cc([N+](=O)N=O)ccc3F)COC[C@H]2CS1. The summed E-state index contributed by atoms with van der Waals surface area (Å²) < 4.78 is 25.2. The zero-order valence-corrected chi connectivity index (χ0v) is 15.5. The van der Waals surface area contributed by atoms with Gasteiger partial charge < -0.3 is 9.47 Å². The summed E-state index contributed by atoms with van der Waals surface area (Å²) in [7, 11) is 0. The van der Waals surface area contributed by atoms with Gasteiger partial charge in [-0.05, 0) is 19.9 Å². The summed E-state index contributed by atoms with van der Waals surface area (Å²) in [4.78, 5) is 38.3. The molecule has 0 aromatic heterocycles. The maximum atomic E-state index is 14.6. The number of amidine groups is 1. The van der Waals surface area contributed by atoms with Crippen LogP contribution in [0.3, 0.4) is 0 Å². The Bertz CT molecular complexity index is 818. The highest BCUT2D eigenvalue weighted by Gasteiger charge is 2.50. The highest BCUT2D eigenvalue weighted by atomic mass is 32.2. The number of ether oxygens (including phenoxy) is 2. The smallest absolute Gasteiger partial charge is 0.413 e. The number of carbonyl (C=O) groups is 1. The fourth-order valence-electron chi connectivity index (χ4n) is 3.08. The minimum absolute atomic E-state index is 0.0797. The molecule has 1 amide bonds. The van der Waals surface area contributed by atoms with Crippen molar-refractivity contribution in [2.24, 2.45) is 16.2 Å². The summed E-state index contributed by atoms with van der Waals surface area (Å²) in [5, 5.41) is 5.14. The van der Waals surface area contributed by atoms with Crippen LogP contribution in [0.2, 0.25) is 0 Å². The van der Waals surface area contributed by atoms with Crippen LogP contribution in [0.1, 0.15) is 19.4 Å². The minimum atomic E-state index is -1.12. The molecule has 2 heterocycles. The van der Waals surface area contributed by atoms with Crippen molar-refractivity contribution in [1.29, 1.82) is 0 Å². The Kier molecular flexibility index (Phi) is 5.51. The van der Waals surface area contributed by atoms with Gasteiger partial charge in [0.2, 0.25) is 4.87 Å². The maximum Gasteiger partial charge on any atom is 0.413 e. The molecule has 1 N–H and O–H groups in total. The quantitative estimate of drug-likeness (QED) is 0.475. The first-order chi connectivity index (χ1) is 12.9. The van der Waals surface area contributed by atoms with Gasteiger partial charge in [-0.1, -0.05) is 16.7 Å². The molecule has 144 valence electrons. The lowest BCUT2D eigenvalue weighted by Gasteiger charge is -2.34. The largest absolute Gasteiger partial charge is 0.447 e. The van der Waals surface area contributed by atoms with Crippen molar-refractivity contribution >= 4 is 28.7 Å². The van der Waals surface area contributed by atoms with Crippen LogP contribution in [0, 0.1) is 21.5 Å². The van der Waals surface area contributed by atoms with Gasteiger partial charge in [-0.25, -0.2) is 14.2 Å². The fraction of sp³-hybridized carbons (Fsp3) is 0.500. The summed E-state index contributed by atoms with van der Waals surface area (Å²) >= 11 is 1.30. The number of hydrogen-bond donors (Lipinski definition) is 1. The first kappa shape index (κ1) is 19.4. The monoisotopic (exact) mass is 397 g/mol. The molecule has 27 heavy (non-hydrogen) atoms. The van der Waals surface area contributed by atoms with E-state index in [4.69, 9.17) is 9.47 Å². The molecule has 2 aliphatic heterocycles. The number of alkyl carbamates (subject to hydrolysis) is 1. The molecule has 0 spiro atoms. The number of nitrogens with zero attached hydrogens (tertiary/aromatic N) is 3. The number of nitroso groups, excluding NO2 is 2. The van der Waals surface area contributed by atoms with Gasteiger partial charge >= 0.3 is 6.09 Å². The molecule has 0 saturated carbocycles. The highest BCUT2D eigenvalue weighted by Crippen LogP contribution is 2.46. The van der Waals surface area contributed by atoms with E-state index in [2.05, 4.69) is 15.6 Å². The van der Waals surface area contributed by atoms with Crippen molar-refractivity contribution in [2.75, 3.05) is 19.0 Å². The van der Waals surface area contributed by atoms with Crippen LogP contribution in [0.15, 0.2) is 28.5 Å². The molecule has 2 atom stereocenters. The average Bonchev–Trinajstić information content (AvgIpc) is 3.04.